The van der Waals surface area contributed by atoms with Gasteiger partial charge < -0.3 is 14.9 Å². The van der Waals surface area contributed by atoms with Crippen LogP contribution in [0.5, 0.6) is 0 Å². The number of benzene rings is 2. The van der Waals surface area contributed by atoms with E-state index in [0.717, 1.165) is 24.0 Å². The Hall–Kier alpha value is -2.50. The molecule has 0 aliphatic heterocycles. The molecule has 0 aromatic heterocycles. The first-order valence-electron chi connectivity index (χ1n) is 11.9. The van der Waals surface area contributed by atoms with Crippen LogP contribution in [0.2, 0.25) is 0 Å². The molecule has 3 atom stereocenters. The number of aliphatic hydroxyl groups is 2. The maximum absolute atomic E-state index is 12.7. The summed E-state index contributed by atoms with van der Waals surface area (Å²) in [5.41, 5.74) is 6.89. The summed E-state index contributed by atoms with van der Waals surface area (Å²) in [6.07, 6.45) is 3.38. The van der Waals surface area contributed by atoms with Gasteiger partial charge in [-0.3, -0.25) is 9.59 Å². The van der Waals surface area contributed by atoms with Crippen molar-refractivity contribution < 1.29 is 24.5 Å². The van der Waals surface area contributed by atoms with Gasteiger partial charge in [-0.25, -0.2) is 0 Å². The van der Waals surface area contributed by atoms with Gasteiger partial charge in [0.15, 0.2) is 0 Å². The van der Waals surface area contributed by atoms with E-state index in [1.165, 1.54) is 29.4 Å². The molecule has 1 fully saturated rings. The molecule has 5 nitrogen and oxygen atoms in total. The van der Waals surface area contributed by atoms with Crippen molar-refractivity contribution in [3.8, 4) is 0 Å². The zero-order valence-corrected chi connectivity index (χ0v) is 20.0. The highest BCUT2D eigenvalue weighted by atomic mass is 16.5. The molecule has 0 bridgehead atoms. The molecule has 2 N–H and O–H groups in total. The zero-order chi connectivity index (χ0) is 24.0. The van der Waals surface area contributed by atoms with Crippen molar-refractivity contribution in [2.45, 2.75) is 64.9 Å². The van der Waals surface area contributed by atoms with E-state index in [1.54, 1.807) is 0 Å². The second-order valence-corrected chi connectivity index (χ2v) is 9.33. The smallest absolute Gasteiger partial charge is 0.305 e. The predicted octanol–water partition coefficient (Wildman–Crippen LogP) is 3.69. The highest BCUT2D eigenvalue weighted by molar-refractivity contribution is 5.84. The van der Waals surface area contributed by atoms with E-state index in [0.29, 0.717) is 25.7 Å². The number of hydrogen-bond acceptors (Lipinski definition) is 5. The summed E-state index contributed by atoms with van der Waals surface area (Å²) in [6, 6.07) is 12.4. The van der Waals surface area contributed by atoms with Crippen LogP contribution in [0.25, 0.3) is 0 Å². The van der Waals surface area contributed by atoms with Gasteiger partial charge in [-0.05, 0) is 85.3 Å². The number of rotatable bonds is 10. The van der Waals surface area contributed by atoms with Gasteiger partial charge in [0.25, 0.3) is 0 Å². The highest BCUT2D eigenvalue weighted by Crippen LogP contribution is 2.35. The number of hydrogen-bond donors (Lipinski definition) is 2. The molecular formula is C28H36O5. The number of carbonyl (C=O) groups is 2. The Morgan fingerprint density at radius 2 is 1.73 bits per heavy atom. The van der Waals surface area contributed by atoms with Crippen LogP contribution < -0.4 is 0 Å². The molecule has 1 aliphatic rings. The lowest BCUT2D eigenvalue weighted by Crippen LogP contribution is -2.23. The van der Waals surface area contributed by atoms with Crippen molar-refractivity contribution >= 4 is 11.8 Å². The van der Waals surface area contributed by atoms with E-state index in [9.17, 15) is 19.8 Å². The minimum Gasteiger partial charge on any atom is -0.469 e. The topological polar surface area (TPSA) is 83.8 Å². The van der Waals surface area contributed by atoms with Crippen LogP contribution >= 0.6 is 0 Å². The van der Waals surface area contributed by atoms with E-state index in [1.807, 2.05) is 18.2 Å². The molecule has 0 heterocycles. The Morgan fingerprint density at radius 1 is 1.03 bits per heavy atom. The predicted molar refractivity (Wildman–Crippen MR) is 128 cm³/mol. The number of methoxy groups -OCH3 is 1. The average Bonchev–Trinajstić information content (AvgIpc) is 3.05. The van der Waals surface area contributed by atoms with E-state index < -0.39 is 6.10 Å². The normalized spacial score (nSPS) is 20.3. The van der Waals surface area contributed by atoms with Gasteiger partial charge in [0.2, 0.25) is 0 Å². The maximum Gasteiger partial charge on any atom is 0.305 e. The molecule has 0 spiro atoms. The number of carbonyl (C=O) groups excluding carboxylic acids is 2. The van der Waals surface area contributed by atoms with Gasteiger partial charge in [-0.15, -0.1) is 0 Å². The van der Waals surface area contributed by atoms with E-state index in [-0.39, 0.29) is 36.6 Å². The van der Waals surface area contributed by atoms with Gasteiger partial charge in [0.1, 0.15) is 5.78 Å². The van der Waals surface area contributed by atoms with E-state index >= 15 is 0 Å². The van der Waals surface area contributed by atoms with Gasteiger partial charge >= 0.3 is 5.97 Å². The molecule has 0 radical (unpaired) electrons. The number of esters is 1. The zero-order valence-electron chi connectivity index (χ0n) is 20.0. The minimum atomic E-state index is -0.614. The van der Waals surface area contributed by atoms with E-state index in [2.05, 4.69) is 32.0 Å². The standard InChI is InChI=1S/C28H36O5/c1-18-13-22(14-19(2)23(18)11-12-29)7-9-24-25(27(31)17-26(24)30)16-21-6-4-5-20(15-21)8-10-28(32)33-3/h4-6,13-15,24-25,27,29,31H,7-12,16-17H2,1-3H3/t24-,25-,27?/m1/s1. The first-order chi connectivity index (χ1) is 15.8. The van der Waals surface area contributed by atoms with Crippen LogP contribution in [0.1, 0.15) is 52.6 Å². The SMILES string of the molecule is COC(=O)CCc1cccc(C[C@H]2C(O)CC(=O)[C@@H]2CCc2cc(C)c(CCO)c(C)c2)c1. The highest BCUT2D eigenvalue weighted by Gasteiger charge is 2.40. The van der Waals surface area contributed by atoms with Crippen LogP contribution in [-0.4, -0.2) is 41.8 Å². The molecule has 33 heavy (non-hydrogen) atoms. The monoisotopic (exact) mass is 452 g/mol. The quantitative estimate of drug-likeness (QED) is 0.537. The molecule has 0 amide bonds. The maximum atomic E-state index is 12.7. The molecular weight excluding hydrogens is 416 g/mol. The third kappa shape index (κ3) is 6.52. The summed E-state index contributed by atoms with van der Waals surface area (Å²) in [7, 11) is 1.39. The van der Waals surface area contributed by atoms with Gasteiger partial charge in [-0.2, -0.15) is 0 Å². The number of aryl methyl sites for hydroxylation is 4. The Labute approximate surface area is 196 Å². The molecule has 1 unspecified atom stereocenters. The summed E-state index contributed by atoms with van der Waals surface area (Å²) in [5, 5.41) is 19.9. The lowest BCUT2D eigenvalue weighted by atomic mass is 9.83. The van der Waals surface area contributed by atoms with Gasteiger partial charge in [0.05, 0.1) is 13.2 Å². The molecule has 0 saturated heterocycles. The summed E-state index contributed by atoms with van der Waals surface area (Å²) in [5.74, 6) is -0.326. The molecule has 1 saturated carbocycles. The summed E-state index contributed by atoms with van der Waals surface area (Å²) >= 11 is 0. The third-order valence-electron chi connectivity index (χ3n) is 7.00. The van der Waals surface area contributed by atoms with Crippen molar-refractivity contribution in [2.24, 2.45) is 11.8 Å². The Bertz CT molecular complexity index is 957. The van der Waals surface area contributed by atoms with Gasteiger partial charge in [0, 0.05) is 25.4 Å². The first-order valence-corrected chi connectivity index (χ1v) is 11.9. The number of aliphatic hydroxyl groups excluding tert-OH is 2. The Morgan fingerprint density at radius 3 is 2.39 bits per heavy atom. The summed E-state index contributed by atoms with van der Waals surface area (Å²) in [6.45, 7) is 4.28. The third-order valence-corrected chi connectivity index (χ3v) is 7.00. The van der Waals surface area contributed by atoms with Crippen LogP contribution in [0.4, 0.5) is 0 Å². The molecule has 3 rings (SSSR count). The lowest BCUT2D eigenvalue weighted by molar-refractivity contribution is -0.140. The van der Waals surface area contributed by atoms with Crippen LogP contribution in [-0.2, 0) is 40.0 Å². The molecule has 1 aliphatic carbocycles. The summed E-state index contributed by atoms with van der Waals surface area (Å²) < 4.78 is 4.73. The van der Waals surface area contributed by atoms with Crippen molar-refractivity contribution in [3.05, 3.63) is 69.8 Å². The fourth-order valence-corrected chi connectivity index (χ4v) is 5.26. The second-order valence-electron chi connectivity index (χ2n) is 9.33. The Kier molecular flexibility index (Phi) is 8.81. The van der Waals surface area contributed by atoms with E-state index in [4.69, 9.17) is 4.74 Å². The fraction of sp³-hybridized carbons (Fsp3) is 0.500. The Balaban J connectivity index is 1.68. The van der Waals surface area contributed by atoms with Crippen LogP contribution in [0.15, 0.2) is 36.4 Å². The number of ether oxygens (including phenoxy) is 1. The van der Waals surface area contributed by atoms with Crippen LogP contribution in [0, 0.1) is 25.7 Å². The van der Waals surface area contributed by atoms with Crippen molar-refractivity contribution in [1.82, 2.24) is 0 Å². The largest absolute Gasteiger partial charge is 0.469 e. The van der Waals surface area contributed by atoms with Crippen LogP contribution in [0.3, 0.4) is 0 Å². The molecule has 178 valence electrons. The fourth-order valence-electron chi connectivity index (χ4n) is 5.26. The van der Waals surface area contributed by atoms with Crippen molar-refractivity contribution in [3.63, 3.8) is 0 Å². The minimum absolute atomic E-state index is 0.0933. The average molecular weight is 453 g/mol. The molecule has 5 heteroatoms. The first kappa shape index (κ1) is 25.1. The second kappa shape index (κ2) is 11.6. The number of ketones is 1. The molecule has 2 aromatic rings. The lowest BCUT2D eigenvalue weighted by Gasteiger charge is -2.22. The van der Waals surface area contributed by atoms with Crippen molar-refractivity contribution in [2.75, 3.05) is 13.7 Å². The number of Topliss-reactive ketones (excluding diaryl/α,β-unsaturated/α-hetero) is 1. The van der Waals surface area contributed by atoms with Crippen molar-refractivity contribution in [1.29, 1.82) is 0 Å². The molecule has 2 aromatic carbocycles. The van der Waals surface area contributed by atoms with Gasteiger partial charge in [-0.1, -0.05) is 36.4 Å². The summed E-state index contributed by atoms with van der Waals surface area (Å²) in [4.78, 5) is 24.2.